The number of ether oxygens (including phenoxy) is 2. The Morgan fingerprint density at radius 3 is 2.32 bits per heavy atom. The molecule has 1 aromatic heterocycles. The largest absolute Gasteiger partial charge is 0.496 e. The summed E-state index contributed by atoms with van der Waals surface area (Å²) in [6, 6.07) is 11.1. The van der Waals surface area contributed by atoms with Crippen LogP contribution in [0.2, 0.25) is 0 Å². The minimum Gasteiger partial charge on any atom is -0.496 e. The second-order valence-corrected chi connectivity index (χ2v) is 6.17. The van der Waals surface area contributed by atoms with Crippen molar-refractivity contribution in [1.82, 2.24) is 10.2 Å². The summed E-state index contributed by atoms with van der Waals surface area (Å²) in [5.41, 5.74) is 2.89. The molecule has 3 aromatic rings. The molecule has 3 rings (SSSR count). The van der Waals surface area contributed by atoms with Crippen LogP contribution in [0.1, 0.15) is 29.4 Å². The summed E-state index contributed by atoms with van der Waals surface area (Å²) in [5.74, 6) is 0.0928. The number of rotatable bonds is 7. The van der Waals surface area contributed by atoms with Gasteiger partial charge in [0.25, 0.3) is 5.91 Å². The maximum absolute atomic E-state index is 13.3. The number of carbonyl (C=O) groups is 1. The van der Waals surface area contributed by atoms with Crippen molar-refractivity contribution in [2.45, 2.75) is 19.8 Å². The summed E-state index contributed by atoms with van der Waals surface area (Å²) in [5, 5.41) is 10.3. The Labute approximate surface area is 162 Å². The lowest BCUT2D eigenvalue weighted by molar-refractivity contribution is 0.102. The average Bonchev–Trinajstić information content (AvgIpc) is 3.10. The number of anilines is 1. The summed E-state index contributed by atoms with van der Waals surface area (Å²) in [6.07, 6.45) is 1.57. The number of nitrogens with zero attached hydrogens (tertiary/aromatic N) is 1. The number of halogens is 1. The highest BCUT2D eigenvalue weighted by atomic mass is 19.1. The van der Waals surface area contributed by atoms with Crippen molar-refractivity contribution in [2.75, 3.05) is 19.5 Å². The predicted octanol–water partition coefficient (Wildman–Crippen LogP) is 4.44. The van der Waals surface area contributed by atoms with E-state index in [1.165, 1.54) is 26.4 Å². The zero-order valence-electron chi connectivity index (χ0n) is 16.0. The summed E-state index contributed by atoms with van der Waals surface area (Å²) >= 11 is 0. The molecule has 0 atom stereocenters. The van der Waals surface area contributed by atoms with Crippen LogP contribution in [0.5, 0.6) is 11.5 Å². The van der Waals surface area contributed by atoms with Crippen molar-refractivity contribution in [3.05, 3.63) is 59.5 Å². The van der Waals surface area contributed by atoms with Crippen molar-refractivity contribution < 1.29 is 18.7 Å². The molecule has 0 spiro atoms. The standard InChI is InChI=1S/C21H22FN3O3/c1-4-6-15-20(19(25-24-15)13-9-11-14(22)12-10-13)23-21(26)18-16(27-2)7-5-8-17(18)28-3/h5,7-12H,4,6H2,1-3H3,(H,23,26)(H,24,25). The lowest BCUT2D eigenvalue weighted by Gasteiger charge is -2.14. The maximum atomic E-state index is 13.3. The van der Waals surface area contributed by atoms with E-state index >= 15 is 0 Å². The molecule has 0 saturated carbocycles. The van der Waals surface area contributed by atoms with E-state index in [0.717, 1.165) is 12.1 Å². The van der Waals surface area contributed by atoms with E-state index in [4.69, 9.17) is 9.47 Å². The third-order valence-electron chi connectivity index (χ3n) is 4.35. The van der Waals surface area contributed by atoms with Crippen LogP contribution in [-0.4, -0.2) is 30.3 Å². The lowest BCUT2D eigenvalue weighted by atomic mass is 10.1. The van der Waals surface area contributed by atoms with E-state index < -0.39 is 0 Å². The van der Waals surface area contributed by atoms with Crippen molar-refractivity contribution in [3.63, 3.8) is 0 Å². The third-order valence-corrected chi connectivity index (χ3v) is 4.35. The van der Waals surface area contributed by atoms with E-state index in [0.29, 0.717) is 40.4 Å². The molecule has 0 saturated heterocycles. The zero-order chi connectivity index (χ0) is 20.1. The normalized spacial score (nSPS) is 10.6. The Bertz CT molecular complexity index is 945. The molecule has 0 aliphatic carbocycles. The van der Waals surface area contributed by atoms with Gasteiger partial charge in [-0.2, -0.15) is 5.10 Å². The fourth-order valence-electron chi connectivity index (χ4n) is 3.01. The molecule has 7 heteroatoms. The van der Waals surface area contributed by atoms with E-state index in [2.05, 4.69) is 15.5 Å². The first-order valence-electron chi connectivity index (χ1n) is 8.94. The van der Waals surface area contributed by atoms with Crippen molar-refractivity contribution in [1.29, 1.82) is 0 Å². The van der Waals surface area contributed by atoms with Crippen molar-refractivity contribution >= 4 is 11.6 Å². The van der Waals surface area contributed by atoms with Crippen LogP contribution in [0.15, 0.2) is 42.5 Å². The lowest BCUT2D eigenvalue weighted by Crippen LogP contribution is -2.16. The minimum absolute atomic E-state index is 0.293. The fourth-order valence-corrected chi connectivity index (χ4v) is 3.01. The van der Waals surface area contributed by atoms with Gasteiger partial charge in [0, 0.05) is 5.56 Å². The zero-order valence-corrected chi connectivity index (χ0v) is 16.0. The van der Waals surface area contributed by atoms with Gasteiger partial charge in [-0.05, 0) is 42.8 Å². The van der Waals surface area contributed by atoms with Crippen LogP contribution in [-0.2, 0) is 6.42 Å². The highest BCUT2D eigenvalue weighted by molar-refractivity contribution is 6.09. The molecule has 0 unspecified atom stereocenters. The first-order chi connectivity index (χ1) is 13.6. The van der Waals surface area contributed by atoms with Gasteiger partial charge in [-0.15, -0.1) is 0 Å². The SMILES string of the molecule is CCCc1[nH]nc(-c2ccc(F)cc2)c1NC(=O)c1c(OC)cccc1OC. The maximum Gasteiger partial charge on any atom is 0.263 e. The molecular formula is C21H22FN3O3. The molecular weight excluding hydrogens is 361 g/mol. The molecule has 0 fully saturated rings. The number of aromatic nitrogens is 2. The molecule has 0 aliphatic rings. The highest BCUT2D eigenvalue weighted by Crippen LogP contribution is 2.33. The van der Waals surface area contributed by atoms with Gasteiger partial charge in [-0.1, -0.05) is 19.4 Å². The smallest absolute Gasteiger partial charge is 0.263 e. The van der Waals surface area contributed by atoms with Gasteiger partial charge in [0.2, 0.25) is 0 Å². The van der Waals surface area contributed by atoms with E-state index in [1.807, 2.05) is 6.92 Å². The molecule has 1 heterocycles. The number of carbonyl (C=O) groups excluding carboxylic acids is 1. The van der Waals surface area contributed by atoms with Crippen LogP contribution in [0.25, 0.3) is 11.3 Å². The van der Waals surface area contributed by atoms with Crippen LogP contribution in [0, 0.1) is 5.82 Å². The summed E-state index contributed by atoms with van der Waals surface area (Å²) in [4.78, 5) is 13.1. The first kappa shape index (κ1) is 19.4. The molecule has 0 bridgehead atoms. The predicted molar refractivity (Wildman–Crippen MR) is 105 cm³/mol. The van der Waals surface area contributed by atoms with Gasteiger partial charge in [-0.3, -0.25) is 9.89 Å². The number of benzene rings is 2. The van der Waals surface area contributed by atoms with Gasteiger partial charge in [-0.25, -0.2) is 4.39 Å². The van der Waals surface area contributed by atoms with Crippen molar-refractivity contribution in [2.24, 2.45) is 0 Å². The summed E-state index contributed by atoms with van der Waals surface area (Å²) in [7, 11) is 2.99. The van der Waals surface area contributed by atoms with Gasteiger partial charge in [0.15, 0.2) is 0 Å². The summed E-state index contributed by atoms with van der Waals surface area (Å²) in [6.45, 7) is 2.03. The van der Waals surface area contributed by atoms with Gasteiger partial charge < -0.3 is 14.8 Å². The molecule has 28 heavy (non-hydrogen) atoms. The number of amides is 1. The van der Waals surface area contributed by atoms with E-state index in [1.54, 1.807) is 30.3 Å². The van der Waals surface area contributed by atoms with Crippen molar-refractivity contribution in [3.8, 4) is 22.8 Å². The van der Waals surface area contributed by atoms with E-state index in [9.17, 15) is 9.18 Å². The molecule has 6 nitrogen and oxygen atoms in total. The van der Waals surface area contributed by atoms with Crippen LogP contribution >= 0.6 is 0 Å². The number of nitrogens with one attached hydrogen (secondary N) is 2. The number of aryl methyl sites for hydroxylation is 1. The Kier molecular flexibility index (Phi) is 5.93. The monoisotopic (exact) mass is 383 g/mol. The highest BCUT2D eigenvalue weighted by Gasteiger charge is 2.22. The van der Waals surface area contributed by atoms with Crippen LogP contribution in [0.3, 0.4) is 0 Å². The van der Waals surface area contributed by atoms with Gasteiger partial charge in [0.1, 0.15) is 28.6 Å². The van der Waals surface area contributed by atoms with Gasteiger partial charge in [0.05, 0.1) is 25.6 Å². The number of H-pyrrole nitrogens is 1. The quantitative estimate of drug-likeness (QED) is 0.632. The summed E-state index contributed by atoms with van der Waals surface area (Å²) < 4.78 is 24.0. The topological polar surface area (TPSA) is 76.2 Å². The average molecular weight is 383 g/mol. The second kappa shape index (κ2) is 8.56. The first-order valence-corrected chi connectivity index (χ1v) is 8.94. The Hall–Kier alpha value is -3.35. The number of hydrogen-bond donors (Lipinski definition) is 2. The number of hydrogen-bond acceptors (Lipinski definition) is 4. The van der Waals surface area contributed by atoms with Crippen LogP contribution < -0.4 is 14.8 Å². The molecule has 2 aromatic carbocycles. The minimum atomic E-state index is -0.378. The van der Waals surface area contributed by atoms with E-state index in [-0.39, 0.29) is 11.7 Å². The number of methoxy groups -OCH3 is 2. The van der Waals surface area contributed by atoms with Crippen LogP contribution in [0.4, 0.5) is 10.1 Å². The molecule has 2 N–H and O–H groups in total. The Morgan fingerprint density at radius 1 is 1.11 bits per heavy atom. The second-order valence-electron chi connectivity index (χ2n) is 6.17. The molecule has 0 radical (unpaired) electrons. The third kappa shape index (κ3) is 3.83. The molecule has 1 amide bonds. The Balaban J connectivity index is 2.03. The molecule has 0 aliphatic heterocycles. The molecule has 146 valence electrons. The number of aromatic amines is 1. The van der Waals surface area contributed by atoms with Gasteiger partial charge >= 0.3 is 0 Å². The fraction of sp³-hybridized carbons (Fsp3) is 0.238. The Morgan fingerprint density at radius 2 is 1.75 bits per heavy atom.